The highest BCUT2D eigenvalue weighted by Crippen LogP contribution is 2.38. The molecule has 0 bridgehead atoms. The van der Waals surface area contributed by atoms with Crippen LogP contribution < -0.4 is 0 Å². The van der Waals surface area contributed by atoms with Crippen LogP contribution in [0.5, 0.6) is 0 Å². The Morgan fingerprint density at radius 1 is 0.958 bits per heavy atom. The van der Waals surface area contributed by atoms with E-state index in [0.717, 1.165) is 44.9 Å². The summed E-state index contributed by atoms with van der Waals surface area (Å²) in [7, 11) is 0. The summed E-state index contributed by atoms with van der Waals surface area (Å²) < 4.78 is 0. The van der Waals surface area contributed by atoms with Gasteiger partial charge in [0.2, 0.25) is 0 Å². The SMILES string of the molecule is CCCCCC=CCC1C(O)CC(O)C1CCCCCCC(=O)O. The van der Waals surface area contributed by atoms with E-state index in [1.54, 1.807) is 0 Å². The Bertz CT molecular complexity index is 367. The highest BCUT2D eigenvalue weighted by atomic mass is 16.4. The van der Waals surface area contributed by atoms with E-state index in [-0.39, 0.29) is 18.3 Å². The molecule has 0 spiro atoms. The Kier molecular flexibility index (Phi) is 11.0. The van der Waals surface area contributed by atoms with Gasteiger partial charge in [0.1, 0.15) is 0 Å². The van der Waals surface area contributed by atoms with Gasteiger partial charge in [0.15, 0.2) is 0 Å². The summed E-state index contributed by atoms with van der Waals surface area (Å²) in [4.78, 5) is 10.5. The zero-order valence-electron chi connectivity index (χ0n) is 15.2. The average molecular weight is 341 g/mol. The van der Waals surface area contributed by atoms with E-state index in [4.69, 9.17) is 5.11 Å². The van der Waals surface area contributed by atoms with Gasteiger partial charge in [-0.1, -0.05) is 51.2 Å². The Labute approximate surface area is 147 Å². The molecule has 1 rings (SSSR count). The maximum Gasteiger partial charge on any atom is 0.303 e. The molecule has 4 heteroatoms. The maximum atomic E-state index is 10.5. The van der Waals surface area contributed by atoms with Gasteiger partial charge < -0.3 is 15.3 Å². The summed E-state index contributed by atoms with van der Waals surface area (Å²) in [6.07, 6.45) is 14.6. The molecule has 0 amide bonds. The van der Waals surface area contributed by atoms with Gasteiger partial charge in [-0.05, 0) is 50.4 Å². The van der Waals surface area contributed by atoms with E-state index in [1.165, 1.54) is 19.3 Å². The van der Waals surface area contributed by atoms with Crippen LogP contribution in [0.1, 0.15) is 84.0 Å². The lowest BCUT2D eigenvalue weighted by molar-refractivity contribution is -0.137. The third kappa shape index (κ3) is 8.29. The summed E-state index contributed by atoms with van der Waals surface area (Å²) >= 11 is 0. The van der Waals surface area contributed by atoms with Crippen LogP contribution in [0.4, 0.5) is 0 Å². The smallest absolute Gasteiger partial charge is 0.303 e. The summed E-state index contributed by atoms with van der Waals surface area (Å²) in [5.74, 6) is -0.378. The Balaban J connectivity index is 2.27. The zero-order chi connectivity index (χ0) is 17.8. The topological polar surface area (TPSA) is 77.8 Å². The molecule has 3 N–H and O–H groups in total. The van der Waals surface area contributed by atoms with Crippen molar-refractivity contribution in [1.29, 1.82) is 0 Å². The second kappa shape index (κ2) is 12.5. The molecule has 4 atom stereocenters. The van der Waals surface area contributed by atoms with Crippen LogP contribution in [0.3, 0.4) is 0 Å². The predicted molar refractivity (Wildman–Crippen MR) is 96.8 cm³/mol. The molecule has 4 unspecified atom stereocenters. The number of carbonyl (C=O) groups is 1. The van der Waals surface area contributed by atoms with Gasteiger partial charge in [0, 0.05) is 6.42 Å². The van der Waals surface area contributed by atoms with Crippen LogP contribution in [0, 0.1) is 11.8 Å². The summed E-state index contributed by atoms with van der Waals surface area (Å²) in [6.45, 7) is 2.20. The molecule has 4 nitrogen and oxygen atoms in total. The number of aliphatic hydroxyl groups excluding tert-OH is 2. The molecule has 24 heavy (non-hydrogen) atoms. The monoisotopic (exact) mass is 340 g/mol. The molecule has 140 valence electrons. The van der Waals surface area contributed by atoms with Gasteiger partial charge in [-0.25, -0.2) is 0 Å². The molecule has 0 radical (unpaired) electrons. The number of aliphatic hydroxyl groups is 2. The second-order valence-corrected chi connectivity index (χ2v) is 7.25. The molecule has 1 saturated carbocycles. The van der Waals surface area contributed by atoms with Gasteiger partial charge in [0.05, 0.1) is 12.2 Å². The van der Waals surface area contributed by atoms with E-state index in [0.29, 0.717) is 6.42 Å². The number of hydrogen-bond donors (Lipinski definition) is 3. The fourth-order valence-corrected chi connectivity index (χ4v) is 3.80. The number of unbranched alkanes of at least 4 members (excludes halogenated alkanes) is 6. The number of carboxylic acids is 1. The lowest BCUT2D eigenvalue weighted by Crippen LogP contribution is -2.21. The van der Waals surface area contributed by atoms with Crippen molar-refractivity contribution in [3.05, 3.63) is 12.2 Å². The van der Waals surface area contributed by atoms with Gasteiger partial charge in [-0.3, -0.25) is 4.79 Å². The molecule has 0 heterocycles. The third-order valence-corrected chi connectivity index (χ3v) is 5.25. The van der Waals surface area contributed by atoms with Crippen molar-refractivity contribution in [3.8, 4) is 0 Å². The van der Waals surface area contributed by atoms with E-state index in [2.05, 4.69) is 19.1 Å². The Hall–Kier alpha value is -0.870. The number of carboxylic acid groups (broad SMARTS) is 1. The first-order chi connectivity index (χ1) is 11.6. The van der Waals surface area contributed by atoms with Gasteiger partial charge in [-0.15, -0.1) is 0 Å². The first kappa shape index (κ1) is 21.2. The standard InChI is InChI=1S/C20H36O4/c1-2-3-4-5-6-9-12-16-17(19(22)15-18(16)21)13-10-7-8-11-14-20(23)24/h6,9,16-19,21-22H,2-5,7-8,10-15H2,1H3,(H,23,24). The van der Waals surface area contributed by atoms with Crippen molar-refractivity contribution >= 4 is 5.97 Å². The first-order valence-corrected chi connectivity index (χ1v) is 9.79. The first-order valence-electron chi connectivity index (χ1n) is 9.79. The largest absolute Gasteiger partial charge is 0.481 e. The maximum absolute atomic E-state index is 10.5. The molecule has 1 aliphatic carbocycles. The molecule has 0 aromatic rings. The highest BCUT2D eigenvalue weighted by Gasteiger charge is 2.40. The summed E-state index contributed by atoms with van der Waals surface area (Å²) in [5.41, 5.74) is 0. The molecule has 0 saturated heterocycles. The number of hydrogen-bond acceptors (Lipinski definition) is 3. The fourth-order valence-electron chi connectivity index (χ4n) is 3.80. The Morgan fingerprint density at radius 3 is 2.38 bits per heavy atom. The average Bonchev–Trinajstić information content (AvgIpc) is 2.80. The number of rotatable bonds is 13. The van der Waals surface area contributed by atoms with Crippen molar-refractivity contribution in [2.24, 2.45) is 11.8 Å². The number of allylic oxidation sites excluding steroid dienone is 2. The van der Waals surface area contributed by atoms with Crippen LogP contribution >= 0.6 is 0 Å². The Morgan fingerprint density at radius 2 is 1.67 bits per heavy atom. The van der Waals surface area contributed by atoms with Crippen LogP contribution in [-0.2, 0) is 4.79 Å². The van der Waals surface area contributed by atoms with Crippen LogP contribution in [0.15, 0.2) is 12.2 Å². The minimum absolute atomic E-state index is 0.168. The van der Waals surface area contributed by atoms with Crippen molar-refractivity contribution < 1.29 is 20.1 Å². The van der Waals surface area contributed by atoms with Crippen molar-refractivity contribution in [2.45, 2.75) is 96.2 Å². The van der Waals surface area contributed by atoms with Crippen LogP contribution in [0.2, 0.25) is 0 Å². The van der Waals surface area contributed by atoms with Crippen molar-refractivity contribution in [3.63, 3.8) is 0 Å². The molecular weight excluding hydrogens is 304 g/mol. The molecule has 0 aromatic carbocycles. The predicted octanol–water partition coefficient (Wildman–Crippen LogP) is 4.30. The van der Waals surface area contributed by atoms with Gasteiger partial charge in [-0.2, -0.15) is 0 Å². The summed E-state index contributed by atoms with van der Waals surface area (Å²) in [6, 6.07) is 0. The quantitative estimate of drug-likeness (QED) is 0.345. The van der Waals surface area contributed by atoms with E-state index < -0.39 is 18.2 Å². The molecule has 0 aromatic heterocycles. The van der Waals surface area contributed by atoms with E-state index in [9.17, 15) is 15.0 Å². The van der Waals surface area contributed by atoms with E-state index in [1.807, 2.05) is 0 Å². The molecule has 0 aliphatic heterocycles. The zero-order valence-corrected chi connectivity index (χ0v) is 15.2. The van der Waals surface area contributed by atoms with Crippen molar-refractivity contribution in [1.82, 2.24) is 0 Å². The van der Waals surface area contributed by atoms with E-state index >= 15 is 0 Å². The molecule has 1 aliphatic rings. The third-order valence-electron chi connectivity index (χ3n) is 5.25. The lowest BCUT2D eigenvalue weighted by atomic mass is 9.86. The minimum atomic E-state index is -0.727. The fraction of sp³-hybridized carbons (Fsp3) is 0.850. The normalized spacial score (nSPS) is 27.1. The second-order valence-electron chi connectivity index (χ2n) is 7.25. The van der Waals surface area contributed by atoms with Crippen LogP contribution in [0.25, 0.3) is 0 Å². The van der Waals surface area contributed by atoms with Crippen molar-refractivity contribution in [2.75, 3.05) is 0 Å². The number of aliphatic carboxylic acids is 1. The van der Waals surface area contributed by atoms with Crippen LogP contribution in [-0.4, -0.2) is 33.5 Å². The minimum Gasteiger partial charge on any atom is -0.481 e. The van der Waals surface area contributed by atoms with Gasteiger partial charge >= 0.3 is 5.97 Å². The summed E-state index contributed by atoms with van der Waals surface area (Å²) in [5, 5.41) is 29.1. The van der Waals surface area contributed by atoms with Gasteiger partial charge in [0.25, 0.3) is 0 Å². The highest BCUT2D eigenvalue weighted by molar-refractivity contribution is 5.66. The molecular formula is C20H36O4. The lowest BCUT2D eigenvalue weighted by Gasteiger charge is -2.22. The molecule has 1 fully saturated rings.